The van der Waals surface area contributed by atoms with Crippen molar-refractivity contribution >= 4 is 5.82 Å². The van der Waals surface area contributed by atoms with E-state index in [4.69, 9.17) is 4.74 Å². The fourth-order valence-corrected chi connectivity index (χ4v) is 3.65. The molecule has 1 N–H and O–H groups in total. The van der Waals surface area contributed by atoms with Crippen molar-refractivity contribution in [2.45, 2.75) is 32.1 Å². The molecule has 0 atom stereocenters. The van der Waals surface area contributed by atoms with E-state index in [0.29, 0.717) is 0 Å². The second-order valence-electron chi connectivity index (χ2n) is 7.07. The summed E-state index contributed by atoms with van der Waals surface area (Å²) < 4.78 is 6.01. The number of unbranched alkanes of at least 4 members (excludes halogenated alkanes) is 1. The molecule has 1 heterocycles. The molecular weight excluding hydrogens is 332 g/mol. The fraction of sp³-hybridized carbons (Fsp3) is 0.292. The molecule has 3 nitrogen and oxygen atoms in total. The van der Waals surface area contributed by atoms with Gasteiger partial charge in [0.1, 0.15) is 11.6 Å². The van der Waals surface area contributed by atoms with Gasteiger partial charge in [-0.15, -0.1) is 0 Å². The van der Waals surface area contributed by atoms with Gasteiger partial charge >= 0.3 is 0 Å². The van der Waals surface area contributed by atoms with Gasteiger partial charge in [0.15, 0.2) is 0 Å². The third-order valence-corrected chi connectivity index (χ3v) is 5.15. The zero-order valence-electron chi connectivity index (χ0n) is 15.7. The van der Waals surface area contributed by atoms with Crippen molar-refractivity contribution in [3.63, 3.8) is 0 Å². The molecule has 138 valence electrons. The molecular formula is C24H26N2O. The number of benzene rings is 2. The van der Waals surface area contributed by atoms with Crippen molar-refractivity contribution in [1.82, 2.24) is 4.98 Å². The second-order valence-corrected chi connectivity index (χ2v) is 7.07. The lowest BCUT2D eigenvalue weighted by Crippen LogP contribution is -2.06. The molecule has 4 rings (SSSR count). The van der Waals surface area contributed by atoms with E-state index in [-0.39, 0.29) is 0 Å². The summed E-state index contributed by atoms with van der Waals surface area (Å²) in [5, 5.41) is 3.33. The van der Waals surface area contributed by atoms with Gasteiger partial charge in [0.2, 0.25) is 0 Å². The van der Waals surface area contributed by atoms with Crippen LogP contribution in [0.5, 0.6) is 5.75 Å². The largest absolute Gasteiger partial charge is 0.494 e. The molecule has 1 aliphatic carbocycles. The molecule has 0 aliphatic heterocycles. The van der Waals surface area contributed by atoms with Crippen molar-refractivity contribution in [3.8, 4) is 5.75 Å². The van der Waals surface area contributed by atoms with Crippen LogP contribution < -0.4 is 10.1 Å². The lowest BCUT2D eigenvalue weighted by atomic mass is 10.0. The van der Waals surface area contributed by atoms with E-state index in [1.165, 1.54) is 22.3 Å². The van der Waals surface area contributed by atoms with Crippen LogP contribution in [0.25, 0.3) is 0 Å². The summed E-state index contributed by atoms with van der Waals surface area (Å²) in [6.07, 6.45) is 7.16. The molecule has 1 aromatic heterocycles. The monoisotopic (exact) mass is 358 g/mol. The number of pyridine rings is 1. The molecule has 0 spiro atoms. The molecule has 3 heteroatoms. The van der Waals surface area contributed by atoms with Crippen molar-refractivity contribution in [2.24, 2.45) is 0 Å². The Morgan fingerprint density at radius 2 is 1.63 bits per heavy atom. The minimum absolute atomic E-state index is 0.749. The molecule has 1 aliphatic rings. The van der Waals surface area contributed by atoms with Crippen molar-refractivity contribution in [2.75, 3.05) is 18.5 Å². The molecule has 27 heavy (non-hydrogen) atoms. The third kappa shape index (κ3) is 4.68. The zero-order chi connectivity index (χ0) is 18.3. The Labute approximate surface area is 161 Å². The van der Waals surface area contributed by atoms with Crippen LogP contribution in [0, 0.1) is 0 Å². The first kappa shape index (κ1) is 17.6. The maximum Gasteiger partial charge on any atom is 0.125 e. The average Bonchev–Trinajstić information content (AvgIpc) is 2.90. The van der Waals surface area contributed by atoms with Crippen LogP contribution in [-0.4, -0.2) is 18.1 Å². The Morgan fingerprint density at radius 3 is 2.48 bits per heavy atom. The molecule has 0 saturated heterocycles. The Balaban J connectivity index is 1.27. The van der Waals surface area contributed by atoms with E-state index in [0.717, 1.165) is 56.8 Å². The van der Waals surface area contributed by atoms with E-state index in [9.17, 15) is 0 Å². The third-order valence-electron chi connectivity index (χ3n) is 5.15. The van der Waals surface area contributed by atoms with Crippen molar-refractivity contribution in [3.05, 3.63) is 89.1 Å². The van der Waals surface area contributed by atoms with Gasteiger partial charge in [-0.1, -0.05) is 36.4 Å². The predicted octanol–water partition coefficient (Wildman–Crippen LogP) is 5.04. The van der Waals surface area contributed by atoms with Crippen LogP contribution in [-0.2, 0) is 19.3 Å². The topological polar surface area (TPSA) is 34.1 Å². The van der Waals surface area contributed by atoms with E-state index < -0.39 is 0 Å². The van der Waals surface area contributed by atoms with Gasteiger partial charge in [0, 0.05) is 12.7 Å². The quantitative estimate of drug-likeness (QED) is 0.601. The van der Waals surface area contributed by atoms with Crippen LogP contribution in [0.3, 0.4) is 0 Å². The molecule has 2 aromatic carbocycles. The summed E-state index contributed by atoms with van der Waals surface area (Å²) in [4.78, 5) is 4.27. The first-order valence-electron chi connectivity index (χ1n) is 9.85. The number of anilines is 1. The number of hydrogen-bond donors (Lipinski definition) is 1. The van der Waals surface area contributed by atoms with E-state index in [1.807, 2.05) is 24.4 Å². The van der Waals surface area contributed by atoms with Crippen LogP contribution >= 0.6 is 0 Å². The number of ether oxygens (including phenoxy) is 1. The molecule has 0 fully saturated rings. The molecule has 0 unspecified atom stereocenters. The number of aromatic nitrogens is 1. The Bertz CT molecular complexity index is 877. The van der Waals surface area contributed by atoms with Gasteiger partial charge in [0.05, 0.1) is 6.61 Å². The maximum absolute atomic E-state index is 6.01. The number of nitrogens with one attached hydrogen (secondary N) is 1. The maximum atomic E-state index is 6.01. The predicted molar refractivity (Wildman–Crippen MR) is 111 cm³/mol. The van der Waals surface area contributed by atoms with Gasteiger partial charge in [-0.25, -0.2) is 4.98 Å². The Morgan fingerprint density at radius 1 is 0.815 bits per heavy atom. The van der Waals surface area contributed by atoms with Crippen LogP contribution in [0.4, 0.5) is 5.82 Å². The highest BCUT2D eigenvalue weighted by molar-refractivity contribution is 5.43. The van der Waals surface area contributed by atoms with Crippen molar-refractivity contribution < 1.29 is 4.74 Å². The van der Waals surface area contributed by atoms with Gasteiger partial charge < -0.3 is 10.1 Å². The van der Waals surface area contributed by atoms with E-state index in [2.05, 4.69) is 52.8 Å². The first-order valence-corrected chi connectivity index (χ1v) is 9.85. The van der Waals surface area contributed by atoms with Crippen LogP contribution in [0.2, 0.25) is 0 Å². The van der Waals surface area contributed by atoms with E-state index >= 15 is 0 Å². The van der Waals surface area contributed by atoms with Gasteiger partial charge in [0.25, 0.3) is 0 Å². The standard InChI is InChI=1S/C24H26N2O/c1-2-8-21-17-22-18-23(13-12-20(22)11-10-19(21)7-1)27-16-6-5-15-26-24-9-3-4-14-25-24/h1-4,7-9,12-14,18H,5-6,10-11,15-17H2,(H,25,26). The highest BCUT2D eigenvalue weighted by Crippen LogP contribution is 2.27. The Hall–Kier alpha value is -2.81. The fourth-order valence-electron chi connectivity index (χ4n) is 3.65. The lowest BCUT2D eigenvalue weighted by molar-refractivity contribution is 0.308. The summed E-state index contributed by atoms with van der Waals surface area (Å²) in [6, 6.07) is 21.3. The summed E-state index contributed by atoms with van der Waals surface area (Å²) in [6.45, 7) is 1.67. The normalized spacial score (nSPS) is 12.6. The number of hydrogen-bond acceptors (Lipinski definition) is 3. The average molecular weight is 358 g/mol. The minimum Gasteiger partial charge on any atom is -0.494 e. The highest BCUT2D eigenvalue weighted by Gasteiger charge is 2.13. The van der Waals surface area contributed by atoms with Gasteiger partial charge in [-0.3, -0.25) is 0 Å². The second kappa shape index (κ2) is 8.72. The number of nitrogens with zero attached hydrogens (tertiary/aromatic N) is 1. The molecule has 0 saturated carbocycles. The number of fused-ring (bicyclic) bond motifs is 2. The van der Waals surface area contributed by atoms with Gasteiger partial charge in [-0.05, 0) is 78.6 Å². The smallest absolute Gasteiger partial charge is 0.125 e. The van der Waals surface area contributed by atoms with Crippen LogP contribution in [0.1, 0.15) is 35.1 Å². The van der Waals surface area contributed by atoms with Crippen LogP contribution in [0.15, 0.2) is 66.9 Å². The Kier molecular flexibility index (Phi) is 5.68. The minimum atomic E-state index is 0.749. The molecule has 3 aromatic rings. The number of aryl methyl sites for hydroxylation is 2. The summed E-state index contributed by atoms with van der Waals surface area (Å²) >= 11 is 0. The molecule has 0 bridgehead atoms. The summed E-state index contributed by atoms with van der Waals surface area (Å²) in [5.41, 5.74) is 5.80. The van der Waals surface area contributed by atoms with E-state index in [1.54, 1.807) is 0 Å². The van der Waals surface area contributed by atoms with Crippen molar-refractivity contribution in [1.29, 1.82) is 0 Å². The zero-order valence-corrected chi connectivity index (χ0v) is 15.7. The molecule has 0 radical (unpaired) electrons. The highest BCUT2D eigenvalue weighted by atomic mass is 16.5. The summed E-state index contributed by atoms with van der Waals surface area (Å²) in [5.74, 6) is 1.93. The summed E-state index contributed by atoms with van der Waals surface area (Å²) in [7, 11) is 0. The van der Waals surface area contributed by atoms with Gasteiger partial charge in [-0.2, -0.15) is 0 Å². The SMILES string of the molecule is c1ccc(NCCCCOc2ccc3c(c2)Cc2ccccc2CC3)nc1. The lowest BCUT2D eigenvalue weighted by Gasteiger charge is -2.11. The molecule has 0 amide bonds. The number of rotatable bonds is 7. The first-order chi connectivity index (χ1) is 13.4.